The molecule has 0 amide bonds. The second kappa shape index (κ2) is 9.01. The van der Waals surface area contributed by atoms with Crippen LogP contribution in [0.15, 0.2) is 42.0 Å². The van der Waals surface area contributed by atoms with Crippen molar-refractivity contribution in [3.05, 3.63) is 53.1 Å². The highest BCUT2D eigenvalue weighted by molar-refractivity contribution is 9.15. The Kier molecular flexibility index (Phi) is 7.02. The number of allylic oxidation sites excluding steroid dienone is 2. The Bertz CT molecular complexity index is 605. The van der Waals surface area contributed by atoms with Crippen molar-refractivity contribution in [1.29, 1.82) is 0 Å². The van der Waals surface area contributed by atoms with Crippen LogP contribution in [0.3, 0.4) is 0 Å². The number of hydrogen-bond acceptors (Lipinski definition) is 3. The molecule has 1 aliphatic carbocycles. The monoisotopic (exact) mass is 378 g/mol. The van der Waals surface area contributed by atoms with Crippen LogP contribution >= 0.6 is 15.9 Å². The van der Waals surface area contributed by atoms with Crippen LogP contribution in [0.25, 0.3) is 4.48 Å². The van der Waals surface area contributed by atoms with Gasteiger partial charge in [0.2, 0.25) is 0 Å². The number of carboxylic acids is 1. The molecule has 2 aliphatic rings. The molecular weight excluding hydrogens is 356 g/mol. The molecule has 4 nitrogen and oxygen atoms in total. The number of fused-ring (bicyclic) bond motifs is 1. The molecule has 1 heterocycles. The molecule has 3 rings (SSSR count). The minimum Gasteiger partial charge on any atom is -0.478 e. The average molecular weight is 379 g/mol. The van der Waals surface area contributed by atoms with Crippen molar-refractivity contribution in [3.63, 3.8) is 0 Å². The lowest BCUT2D eigenvalue weighted by molar-refractivity contribution is -0.131. The molecule has 1 aliphatic heterocycles. The molecule has 1 fully saturated rings. The van der Waals surface area contributed by atoms with Crippen molar-refractivity contribution < 1.29 is 9.90 Å². The number of nitrogens with zero attached hydrogens (tertiary/aromatic N) is 1. The zero-order valence-electron chi connectivity index (χ0n) is 13.4. The first kappa shape index (κ1) is 17.9. The maximum atomic E-state index is 10.5. The van der Waals surface area contributed by atoms with E-state index in [-0.39, 0.29) is 0 Å². The van der Waals surface area contributed by atoms with Gasteiger partial charge in [0.05, 0.1) is 0 Å². The maximum absolute atomic E-state index is 10.5. The highest BCUT2D eigenvalue weighted by Crippen LogP contribution is 2.35. The Morgan fingerprint density at radius 3 is 2.57 bits per heavy atom. The number of hydrogen-bond donors (Lipinski definition) is 2. The molecule has 0 saturated carbocycles. The van der Waals surface area contributed by atoms with E-state index >= 15 is 0 Å². The van der Waals surface area contributed by atoms with Crippen molar-refractivity contribution in [3.8, 4) is 0 Å². The van der Waals surface area contributed by atoms with Crippen LogP contribution in [0.4, 0.5) is 0 Å². The van der Waals surface area contributed by atoms with Gasteiger partial charge >= 0.3 is 5.97 Å². The number of piperazine rings is 1. The van der Waals surface area contributed by atoms with Crippen LogP contribution in [-0.2, 0) is 11.2 Å². The summed E-state index contributed by atoms with van der Waals surface area (Å²) in [5, 5.41) is 11.9. The molecule has 1 aromatic rings. The number of nitrogens with one attached hydrogen (secondary N) is 1. The van der Waals surface area contributed by atoms with Gasteiger partial charge in [-0.25, -0.2) is 4.79 Å². The SMILES string of the molecule is CN1CCNCC1.O=C(O)C=CC1=C(Br)c2ccccc2CC1. The number of carboxylic acid groups (broad SMARTS) is 1. The van der Waals surface area contributed by atoms with E-state index in [1.165, 1.54) is 30.3 Å². The van der Waals surface area contributed by atoms with E-state index in [1.54, 1.807) is 6.08 Å². The van der Waals surface area contributed by atoms with E-state index in [4.69, 9.17) is 5.11 Å². The van der Waals surface area contributed by atoms with Crippen molar-refractivity contribution in [2.24, 2.45) is 0 Å². The van der Waals surface area contributed by atoms with Crippen LogP contribution < -0.4 is 5.32 Å². The molecule has 0 spiro atoms. The summed E-state index contributed by atoms with van der Waals surface area (Å²) in [5.74, 6) is -0.911. The van der Waals surface area contributed by atoms with Gasteiger partial charge in [-0.15, -0.1) is 0 Å². The maximum Gasteiger partial charge on any atom is 0.328 e. The first-order chi connectivity index (χ1) is 11.1. The number of aliphatic carboxylic acids is 1. The lowest BCUT2D eigenvalue weighted by Crippen LogP contribution is -2.40. The summed E-state index contributed by atoms with van der Waals surface area (Å²) < 4.78 is 1.01. The minimum atomic E-state index is -0.911. The normalized spacial score (nSPS) is 18.3. The third kappa shape index (κ3) is 5.61. The van der Waals surface area contributed by atoms with Gasteiger partial charge in [0.15, 0.2) is 0 Å². The summed E-state index contributed by atoms with van der Waals surface area (Å²) in [7, 11) is 2.15. The van der Waals surface area contributed by atoms with Crippen molar-refractivity contribution in [1.82, 2.24) is 10.2 Å². The molecule has 1 aromatic carbocycles. The fraction of sp³-hybridized carbons (Fsp3) is 0.389. The zero-order chi connectivity index (χ0) is 16.7. The van der Waals surface area contributed by atoms with Crippen LogP contribution in [0.1, 0.15) is 17.5 Å². The van der Waals surface area contributed by atoms with Crippen LogP contribution in [0.2, 0.25) is 0 Å². The molecule has 0 unspecified atom stereocenters. The molecular formula is C18H23BrN2O2. The first-order valence-corrected chi connectivity index (χ1v) is 8.64. The lowest BCUT2D eigenvalue weighted by atomic mass is 9.92. The van der Waals surface area contributed by atoms with Crippen molar-refractivity contribution in [2.45, 2.75) is 12.8 Å². The van der Waals surface area contributed by atoms with E-state index in [2.05, 4.69) is 39.3 Å². The summed E-state index contributed by atoms with van der Waals surface area (Å²) in [6.07, 6.45) is 4.69. The molecule has 2 N–H and O–H groups in total. The molecule has 0 aromatic heterocycles. The highest BCUT2D eigenvalue weighted by atomic mass is 79.9. The topological polar surface area (TPSA) is 52.6 Å². The average Bonchev–Trinajstić information content (AvgIpc) is 2.56. The third-order valence-corrected chi connectivity index (χ3v) is 4.90. The van der Waals surface area contributed by atoms with Crippen LogP contribution in [-0.4, -0.2) is 49.2 Å². The molecule has 23 heavy (non-hydrogen) atoms. The number of rotatable bonds is 2. The smallest absolute Gasteiger partial charge is 0.328 e. The van der Waals surface area contributed by atoms with Gasteiger partial charge in [-0.05, 0) is 52.5 Å². The molecule has 0 radical (unpaired) electrons. The van der Waals surface area contributed by atoms with Gasteiger partial charge in [-0.2, -0.15) is 0 Å². The van der Waals surface area contributed by atoms with Gasteiger partial charge in [-0.3, -0.25) is 0 Å². The van der Waals surface area contributed by atoms with Crippen LogP contribution in [0, 0.1) is 0 Å². The largest absolute Gasteiger partial charge is 0.478 e. The van der Waals surface area contributed by atoms with E-state index in [1.807, 2.05) is 18.2 Å². The second-order valence-electron chi connectivity index (χ2n) is 5.72. The number of halogens is 1. The van der Waals surface area contributed by atoms with Gasteiger partial charge in [0, 0.05) is 36.7 Å². The van der Waals surface area contributed by atoms with E-state index in [0.717, 1.165) is 36.0 Å². The molecule has 0 bridgehead atoms. The summed E-state index contributed by atoms with van der Waals surface area (Å²) in [4.78, 5) is 12.8. The molecule has 1 saturated heterocycles. The predicted molar refractivity (Wildman–Crippen MR) is 97.8 cm³/mol. The molecule has 124 valence electrons. The Morgan fingerprint density at radius 2 is 1.96 bits per heavy atom. The minimum absolute atomic E-state index is 0.876. The summed E-state index contributed by atoms with van der Waals surface area (Å²) in [6.45, 7) is 4.74. The highest BCUT2D eigenvalue weighted by Gasteiger charge is 2.14. The van der Waals surface area contributed by atoms with Gasteiger partial charge in [0.25, 0.3) is 0 Å². The van der Waals surface area contributed by atoms with Gasteiger partial charge < -0.3 is 15.3 Å². The second-order valence-corrected chi connectivity index (χ2v) is 6.51. The number of carbonyl (C=O) groups is 1. The Morgan fingerprint density at radius 1 is 1.26 bits per heavy atom. The van der Waals surface area contributed by atoms with E-state index < -0.39 is 5.97 Å². The number of likely N-dealkylation sites (N-methyl/N-ethyl adjacent to an activating group) is 1. The summed E-state index contributed by atoms with van der Waals surface area (Å²) in [5.41, 5.74) is 3.52. The molecule has 5 heteroatoms. The van der Waals surface area contributed by atoms with E-state index in [9.17, 15) is 4.79 Å². The van der Waals surface area contributed by atoms with E-state index in [0.29, 0.717) is 0 Å². The summed E-state index contributed by atoms with van der Waals surface area (Å²) in [6, 6.07) is 8.17. The fourth-order valence-corrected chi connectivity index (χ4v) is 3.33. The van der Waals surface area contributed by atoms with Crippen LogP contribution in [0.5, 0.6) is 0 Å². The van der Waals surface area contributed by atoms with Crippen molar-refractivity contribution in [2.75, 3.05) is 33.2 Å². The molecule has 0 atom stereocenters. The standard InChI is InChI=1S/C13H11BrO2.C5H12N2/c14-13-10(7-8-12(15)16)6-5-9-3-1-2-4-11(9)13;1-7-4-2-6-3-5-7/h1-4,7-8H,5-6H2,(H,15,16);6H,2-5H2,1H3. The Balaban J connectivity index is 0.000000229. The third-order valence-electron chi connectivity index (χ3n) is 3.97. The van der Waals surface area contributed by atoms with Crippen molar-refractivity contribution >= 4 is 26.4 Å². The quantitative estimate of drug-likeness (QED) is 0.776. The summed E-state index contributed by atoms with van der Waals surface area (Å²) >= 11 is 3.54. The number of aryl methyl sites for hydroxylation is 1. The zero-order valence-corrected chi connectivity index (χ0v) is 15.0. The fourth-order valence-electron chi connectivity index (χ4n) is 2.61. The first-order valence-electron chi connectivity index (χ1n) is 7.85. The van der Waals surface area contributed by atoms with Gasteiger partial charge in [0.1, 0.15) is 0 Å². The van der Waals surface area contributed by atoms with Gasteiger partial charge in [-0.1, -0.05) is 30.3 Å². The predicted octanol–water partition coefficient (Wildman–Crippen LogP) is 2.90. The lowest BCUT2D eigenvalue weighted by Gasteiger charge is -2.21. The Labute approximate surface area is 146 Å². The Hall–Kier alpha value is -1.43. The number of benzene rings is 1.